The molecule has 0 saturated heterocycles. The number of rotatable bonds is 73. The standard InChI is InChI=1S/C76H148O17P2/c1-9-68(7)54-46-38-29-23-19-17-15-13-11-12-14-16-18-20-25-31-40-48-56-73(78)86-63-72(93-76(81)59-51-43-35-34-37-45-53-67(5)6)65-91-95(84,85)89-61-70(77)60-88-94(82,83)90-64-71(62-87-74(79)57-49-41-33-27-28-36-44-52-66(3)4)92-75(80)58-50-42-32-26-22-21-24-30-39-47-55-69(8)10-2/h66-72,77H,9-65H2,1-8H3,(H,82,83)(H,84,85)/t68?,69?,70?,71-,72-/m1/s1. The lowest BCUT2D eigenvalue weighted by atomic mass is 9.99. The molecule has 0 radical (unpaired) electrons. The van der Waals surface area contributed by atoms with E-state index in [0.29, 0.717) is 37.5 Å². The number of aliphatic hydroxyl groups excluding tert-OH is 1. The summed E-state index contributed by atoms with van der Waals surface area (Å²) in [6.45, 7) is 14.1. The monoisotopic (exact) mass is 1400 g/mol. The Morgan fingerprint density at radius 2 is 0.505 bits per heavy atom. The first-order valence-corrected chi connectivity index (χ1v) is 42.3. The Morgan fingerprint density at radius 3 is 0.747 bits per heavy atom. The summed E-state index contributed by atoms with van der Waals surface area (Å²) in [4.78, 5) is 72.7. The molecule has 0 aliphatic rings. The summed E-state index contributed by atoms with van der Waals surface area (Å²) in [5.74, 6) is 0.923. The largest absolute Gasteiger partial charge is 0.472 e. The summed E-state index contributed by atoms with van der Waals surface area (Å²) in [6.07, 6.45) is 50.3. The predicted octanol–water partition coefficient (Wildman–Crippen LogP) is 22.0. The zero-order chi connectivity index (χ0) is 70.3. The molecule has 19 heteroatoms. The molecule has 564 valence electrons. The first-order chi connectivity index (χ1) is 45.7. The van der Waals surface area contributed by atoms with Crippen LogP contribution in [0.1, 0.15) is 383 Å². The van der Waals surface area contributed by atoms with Crippen LogP contribution in [0.3, 0.4) is 0 Å². The van der Waals surface area contributed by atoms with Gasteiger partial charge in [0.15, 0.2) is 12.2 Å². The van der Waals surface area contributed by atoms with E-state index in [9.17, 15) is 43.2 Å². The van der Waals surface area contributed by atoms with Gasteiger partial charge >= 0.3 is 39.5 Å². The quantitative estimate of drug-likeness (QED) is 0.0222. The highest BCUT2D eigenvalue weighted by Gasteiger charge is 2.30. The minimum Gasteiger partial charge on any atom is -0.462 e. The molecule has 0 aromatic carbocycles. The molecule has 3 N–H and O–H groups in total. The summed E-state index contributed by atoms with van der Waals surface area (Å²) in [7, 11) is -9.91. The minimum absolute atomic E-state index is 0.102. The van der Waals surface area contributed by atoms with Gasteiger partial charge in [-0.1, -0.05) is 331 Å². The van der Waals surface area contributed by atoms with Crippen molar-refractivity contribution in [3.05, 3.63) is 0 Å². The maximum atomic E-state index is 13.0. The summed E-state index contributed by atoms with van der Waals surface area (Å²) < 4.78 is 68.4. The van der Waals surface area contributed by atoms with Crippen LogP contribution in [0, 0.1) is 23.7 Å². The van der Waals surface area contributed by atoms with Crippen molar-refractivity contribution in [1.82, 2.24) is 0 Å². The molecule has 5 unspecified atom stereocenters. The molecular weight excluding hydrogens is 1250 g/mol. The highest BCUT2D eigenvalue weighted by atomic mass is 31.2. The van der Waals surface area contributed by atoms with Crippen LogP contribution in [-0.2, 0) is 65.4 Å². The van der Waals surface area contributed by atoms with Gasteiger partial charge in [0.2, 0.25) is 0 Å². The van der Waals surface area contributed by atoms with E-state index in [1.807, 2.05) is 0 Å². The lowest BCUT2D eigenvalue weighted by molar-refractivity contribution is -0.161. The second-order valence-electron chi connectivity index (χ2n) is 28.8. The minimum atomic E-state index is -4.95. The van der Waals surface area contributed by atoms with Gasteiger partial charge in [-0.05, 0) is 49.4 Å². The Kier molecular flexibility index (Phi) is 64.0. The zero-order valence-corrected chi connectivity index (χ0v) is 64.1. The molecular formula is C76H148O17P2. The Balaban J connectivity index is 5.11. The topological polar surface area (TPSA) is 237 Å². The maximum absolute atomic E-state index is 13.0. The lowest BCUT2D eigenvalue weighted by Gasteiger charge is -2.21. The number of carbonyl (C=O) groups excluding carboxylic acids is 4. The van der Waals surface area contributed by atoms with E-state index in [0.717, 1.165) is 108 Å². The van der Waals surface area contributed by atoms with Crippen LogP contribution >= 0.6 is 15.6 Å². The molecule has 0 fully saturated rings. The van der Waals surface area contributed by atoms with E-state index in [1.54, 1.807) is 0 Å². The third kappa shape index (κ3) is 67.6. The predicted molar refractivity (Wildman–Crippen MR) is 386 cm³/mol. The van der Waals surface area contributed by atoms with Gasteiger partial charge in [0.25, 0.3) is 0 Å². The number of esters is 4. The molecule has 95 heavy (non-hydrogen) atoms. The first kappa shape index (κ1) is 93.1. The van der Waals surface area contributed by atoms with Crippen LogP contribution in [0.15, 0.2) is 0 Å². The molecule has 0 aliphatic carbocycles. The van der Waals surface area contributed by atoms with E-state index < -0.39 is 97.5 Å². The van der Waals surface area contributed by atoms with Crippen LogP contribution < -0.4 is 0 Å². The van der Waals surface area contributed by atoms with Crippen LogP contribution in [-0.4, -0.2) is 96.7 Å². The molecule has 0 bridgehead atoms. The highest BCUT2D eigenvalue weighted by Crippen LogP contribution is 2.45. The molecule has 0 amide bonds. The number of phosphoric acid groups is 2. The summed E-state index contributed by atoms with van der Waals surface area (Å²) >= 11 is 0. The van der Waals surface area contributed by atoms with Gasteiger partial charge in [-0.3, -0.25) is 37.3 Å². The molecule has 0 aromatic heterocycles. The van der Waals surface area contributed by atoms with Crippen LogP contribution in [0.4, 0.5) is 0 Å². The van der Waals surface area contributed by atoms with Crippen molar-refractivity contribution in [2.75, 3.05) is 39.6 Å². The van der Waals surface area contributed by atoms with Gasteiger partial charge in [0.05, 0.1) is 26.4 Å². The second-order valence-corrected chi connectivity index (χ2v) is 31.7. The molecule has 0 rings (SSSR count). The third-order valence-electron chi connectivity index (χ3n) is 18.3. The number of phosphoric ester groups is 2. The summed E-state index contributed by atoms with van der Waals surface area (Å²) in [5.41, 5.74) is 0. The first-order valence-electron chi connectivity index (χ1n) is 39.3. The van der Waals surface area contributed by atoms with Crippen LogP contribution in [0.5, 0.6) is 0 Å². The number of unbranched alkanes of at least 4 members (excludes halogenated alkanes) is 37. The normalized spacial score (nSPS) is 14.7. The number of hydrogen-bond donors (Lipinski definition) is 3. The average Bonchev–Trinajstić information content (AvgIpc) is 2.95. The zero-order valence-electron chi connectivity index (χ0n) is 62.3. The Bertz CT molecular complexity index is 1870. The van der Waals surface area contributed by atoms with Crippen LogP contribution in [0.25, 0.3) is 0 Å². The van der Waals surface area contributed by atoms with Crippen LogP contribution in [0.2, 0.25) is 0 Å². The second kappa shape index (κ2) is 65.4. The number of carbonyl (C=O) groups is 4. The Hall–Kier alpha value is -1.94. The summed E-state index contributed by atoms with van der Waals surface area (Å²) in [6, 6.07) is 0. The molecule has 7 atom stereocenters. The van der Waals surface area contributed by atoms with Gasteiger partial charge in [-0.2, -0.15) is 0 Å². The molecule has 0 saturated carbocycles. The van der Waals surface area contributed by atoms with E-state index in [1.165, 1.54) is 180 Å². The fourth-order valence-corrected chi connectivity index (χ4v) is 13.1. The van der Waals surface area contributed by atoms with Gasteiger partial charge in [0, 0.05) is 25.7 Å². The van der Waals surface area contributed by atoms with E-state index in [-0.39, 0.29) is 25.7 Å². The van der Waals surface area contributed by atoms with Crippen molar-refractivity contribution in [3.63, 3.8) is 0 Å². The highest BCUT2D eigenvalue weighted by molar-refractivity contribution is 7.47. The number of aliphatic hydroxyl groups is 1. The molecule has 17 nitrogen and oxygen atoms in total. The molecule has 0 aromatic rings. The van der Waals surface area contributed by atoms with Gasteiger partial charge < -0.3 is 33.8 Å². The van der Waals surface area contributed by atoms with Crippen molar-refractivity contribution >= 4 is 39.5 Å². The SMILES string of the molecule is CCC(C)CCCCCCCCCCCCCCCCCCCCC(=O)OC[C@H](COP(=O)(O)OCC(O)COP(=O)(O)OC[C@@H](COC(=O)CCCCCCCCCC(C)C)OC(=O)CCCCCCCCCCCCC(C)CC)OC(=O)CCCCCCCCC(C)C. The van der Waals surface area contributed by atoms with Gasteiger partial charge in [-0.15, -0.1) is 0 Å². The molecule has 0 spiro atoms. The Labute approximate surface area is 581 Å². The van der Waals surface area contributed by atoms with Crippen molar-refractivity contribution in [2.24, 2.45) is 23.7 Å². The van der Waals surface area contributed by atoms with Crippen molar-refractivity contribution in [1.29, 1.82) is 0 Å². The molecule has 0 aliphatic heterocycles. The number of hydrogen-bond acceptors (Lipinski definition) is 15. The smallest absolute Gasteiger partial charge is 0.462 e. The van der Waals surface area contributed by atoms with Gasteiger partial charge in [-0.25, -0.2) is 9.13 Å². The van der Waals surface area contributed by atoms with Gasteiger partial charge in [0.1, 0.15) is 19.3 Å². The van der Waals surface area contributed by atoms with Crippen molar-refractivity contribution in [2.45, 2.75) is 401 Å². The average molecular weight is 1400 g/mol. The summed E-state index contributed by atoms with van der Waals surface area (Å²) in [5, 5.41) is 10.6. The van der Waals surface area contributed by atoms with Crippen molar-refractivity contribution in [3.8, 4) is 0 Å². The fourth-order valence-electron chi connectivity index (χ4n) is 11.5. The number of ether oxygens (including phenoxy) is 4. The van der Waals surface area contributed by atoms with E-state index >= 15 is 0 Å². The third-order valence-corrected chi connectivity index (χ3v) is 20.2. The maximum Gasteiger partial charge on any atom is 0.472 e. The van der Waals surface area contributed by atoms with E-state index in [2.05, 4.69) is 55.4 Å². The fraction of sp³-hybridized carbons (Fsp3) is 0.947. The Morgan fingerprint density at radius 1 is 0.295 bits per heavy atom. The van der Waals surface area contributed by atoms with E-state index in [4.69, 9.17) is 37.0 Å². The lowest BCUT2D eigenvalue weighted by Crippen LogP contribution is -2.30. The molecule has 0 heterocycles. The van der Waals surface area contributed by atoms with Crippen molar-refractivity contribution < 1.29 is 80.2 Å².